The second kappa shape index (κ2) is 4.66. The Bertz CT molecular complexity index is 164. The summed E-state index contributed by atoms with van der Waals surface area (Å²) >= 11 is 0. The molecule has 0 amide bonds. The first-order chi connectivity index (χ1) is 5.02. The van der Waals surface area contributed by atoms with Crippen molar-refractivity contribution in [2.45, 2.75) is 13.8 Å². The molecule has 0 aromatic carbocycles. The molecule has 64 valence electrons. The predicted octanol–water partition coefficient (Wildman–Crippen LogP) is 0.819. The van der Waals surface area contributed by atoms with Crippen LogP contribution in [0.15, 0.2) is 23.8 Å². The number of nitrogens with one attached hydrogen (secondary N) is 1. The summed E-state index contributed by atoms with van der Waals surface area (Å²) in [6.45, 7) is 3.83. The molecule has 0 unspecified atom stereocenters. The summed E-state index contributed by atoms with van der Waals surface area (Å²) < 4.78 is 0. The molecule has 0 bridgehead atoms. The number of hydrogen-bond donors (Lipinski definition) is 2. The van der Waals surface area contributed by atoms with E-state index in [2.05, 4.69) is 5.32 Å². The average molecular weight is 155 g/mol. The van der Waals surface area contributed by atoms with Crippen LogP contribution in [0.2, 0.25) is 0 Å². The van der Waals surface area contributed by atoms with E-state index in [0.29, 0.717) is 0 Å². The molecule has 0 aromatic rings. The highest BCUT2D eigenvalue weighted by atomic mass is 15.0. The van der Waals surface area contributed by atoms with Gasteiger partial charge in [0.25, 0.3) is 0 Å². The van der Waals surface area contributed by atoms with Crippen LogP contribution in [-0.4, -0.2) is 19.0 Å². The minimum Gasteiger partial charge on any atom is -0.401 e. The van der Waals surface area contributed by atoms with Gasteiger partial charge in [-0.1, -0.05) is 0 Å². The largest absolute Gasteiger partial charge is 0.401 e. The summed E-state index contributed by atoms with van der Waals surface area (Å²) in [7, 11) is 3.95. The third-order valence-corrected chi connectivity index (χ3v) is 0.979. The zero-order chi connectivity index (χ0) is 8.85. The van der Waals surface area contributed by atoms with Crippen LogP contribution in [0.4, 0.5) is 0 Å². The van der Waals surface area contributed by atoms with Crippen molar-refractivity contribution in [3.63, 3.8) is 0 Å². The van der Waals surface area contributed by atoms with E-state index < -0.39 is 0 Å². The maximum absolute atomic E-state index is 5.43. The van der Waals surface area contributed by atoms with Gasteiger partial charge in [-0.2, -0.15) is 0 Å². The van der Waals surface area contributed by atoms with Crippen molar-refractivity contribution in [2.24, 2.45) is 5.73 Å². The zero-order valence-electron chi connectivity index (χ0n) is 7.68. The molecule has 0 atom stereocenters. The van der Waals surface area contributed by atoms with E-state index in [4.69, 9.17) is 5.73 Å². The van der Waals surface area contributed by atoms with E-state index in [1.54, 1.807) is 6.20 Å². The third-order valence-electron chi connectivity index (χ3n) is 0.979. The van der Waals surface area contributed by atoms with E-state index in [0.717, 1.165) is 11.4 Å². The van der Waals surface area contributed by atoms with Crippen LogP contribution in [0.5, 0.6) is 0 Å². The Labute approximate surface area is 68.6 Å². The van der Waals surface area contributed by atoms with E-state index in [1.165, 1.54) is 0 Å². The summed E-state index contributed by atoms with van der Waals surface area (Å²) in [6, 6.07) is 0. The molecule has 3 N–H and O–H groups in total. The SMILES string of the molecule is CC(N)=CNC(C)=CN(C)C. The van der Waals surface area contributed by atoms with Gasteiger partial charge in [-0.15, -0.1) is 0 Å². The van der Waals surface area contributed by atoms with Crippen molar-refractivity contribution >= 4 is 0 Å². The second-order valence-electron chi connectivity index (χ2n) is 2.81. The Balaban J connectivity index is 3.87. The summed E-state index contributed by atoms with van der Waals surface area (Å²) in [5.74, 6) is 0. The Morgan fingerprint density at radius 2 is 1.91 bits per heavy atom. The van der Waals surface area contributed by atoms with E-state index in [1.807, 2.05) is 39.0 Å². The maximum Gasteiger partial charge on any atom is 0.0276 e. The standard InChI is InChI=1S/C8H17N3/c1-7(9)5-10-8(2)6-11(3)4/h5-6,10H,9H2,1-4H3. The van der Waals surface area contributed by atoms with Crippen LogP contribution in [0.25, 0.3) is 0 Å². The smallest absolute Gasteiger partial charge is 0.0276 e. The first-order valence-corrected chi connectivity index (χ1v) is 3.56. The molecule has 3 nitrogen and oxygen atoms in total. The van der Waals surface area contributed by atoms with Crippen molar-refractivity contribution in [3.05, 3.63) is 23.8 Å². The van der Waals surface area contributed by atoms with Gasteiger partial charge in [0.2, 0.25) is 0 Å². The lowest BCUT2D eigenvalue weighted by molar-refractivity contribution is 0.554. The van der Waals surface area contributed by atoms with Gasteiger partial charge < -0.3 is 16.0 Å². The lowest BCUT2D eigenvalue weighted by Crippen LogP contribution is -2.10. The lowest BCUT2D eigenvalue weighted by Gasteiger charge is -2.07. The van der Waals surface area contributed by atoms with Gasteiger partial charge in [0.1, 0.15) is 0 Å². The monoisotopic (exact) mass is 155 g/mol. The molecule has 0 aliphatic carbocycles. The van der Waals surface area contributed by atoms with Crippen LogP contribution in [-0.2, 0) is 0 Å². The van der Waals surface area contributed by atoms with Crippen LogP contribution >= 0.6 is 0 Å². The topological polar surface area (TPSA) is 41.3 Å². The number of nitrogens with zero attached hydrogens (tertiary/aromatic N) is 1. The first-order valence-electron chi connectivity index (χ1n) is 3.56. The molecule has 0 spiro atoms. The van der Waals surface area contributed by atoms with Gasteiger partial charge in [-0.05, 0) is 13.8 Å². The summed E-state index contributed by atoms with van der Waals surface area (Å²) in [6.07, 6.45) is 3.76. The van der Waals surface area contributed by atoms with Gasteiger partial charge in [-0.25, -0.2) is 0 Å². The number of rotatable bonds is 3. The van der Waals surface area contributed by atoms with Crippen molar-refractivity contribution in [2.75, 3.05) is 14.1 Å². The van der Waals surface area contributed by atoms with Crippen LogP contribution < -0.4 is 11.1 Å². The van der Waals surface area contributed by atoms with E-state index in [-0.39, 0.29) is 0 Å². The molecule has 0 aromatic heterocycles. The Morgan fingerprint density at radius 3 is 2.27 bits per heavy atom. The molecule has 0 aliphatic heterocycles. The highest BCUT2D eigenvalue weighted by molar-refractivity contribution is 5.01. The number of allylic oxidation sites excluding steroid dienone is 2. The van der Waals surface area contributed by atoms with Crippen molar-refractivity contribution in [3.8, 4) is 0 Å². The van der Waals surface area contributed by atoms with Gasteiger partial charge >= 0.3 is 0 Å². The molecule has 0 saturated carbocycles. The van der Waals surface area contributed by atoms with Gasteiger partial charge in [0.05, 0.1) is 0 Å². The molecule has 0 saturated heterocycles. The van der Waals surface area contributed by atoms with Gasteiger partial charge in [0.15, 0.2) is 0 Å². The summed E-state index contributed by atoms with van der Waals surface area (Å²) in [5.41, 5.74) is 7.27. The van der Waals surface area contributed by atoms with Gasteiger partial charge in [0, 0.05) is 37.9 Å². The summed E-state index contributed by atoms with van der Waals surface area (Å²) in [4.78, 5) is 1.97. The quantitative estimate of drug-likeness (QED) is 0.634. The predicted molar refractivity (Wildman–Crippen MR) is 48.5 cm³/mol. The van der Waals surface area contributed by atoms with E-state index >= 15 is 0 Å². The normalized spacial score (nSPS) is 13.1. The van der Waals surface area contributed by atoms with Gasteiger partial charge in [-0.3, -0.25) is 0 Å². The van der Waals surface area contributed by atoms with Crippen LogP contribution in [0.1, 0.15) is 13.8 Å². The van der Waals surface area contributed by atoms with Crippen LogP contribution in [0.3, 0.4) is 0 Å². The van der Waals surface area contributed by atoms with Crippen LogP contribution in [0, 0.1) is 0 Å². The molecule has 0 heterocycles. The highest BCUT2D eigenvalue weighted by Crippen LogP contribution is 1.88. The Morgan fingerprint density at radius 1 is 1.36 bits per heavy atom. The lowest BCUT2D eigenvalue weighted by atomic mass is 10.5. The molecular formula is C8H17N3. The Kier molecular flexibility index (Phi) is 4.18. The third kappa shape index (κ3) is 6.77. The maximum atomic E-state index is 5.43. The second-order valence-corrected chi connectivity index (χ2v) is 2.81. The van der Waals surface area contributed by atoms with E-state index in [9.17, 15) is 0 Å². The van der Waals surface area contributed by atoms with Crippen molar-refractivity contribution in [1.82, 2.24) is 10.2 Å². The fourth-order valence-electron chi connectivity index (χ4n) is 0.652. The number of nitrogens with two attached hydrogens (primary N) is 1. The van der Waals surface area contributed by atoms with Crippen molar-refractivity contribution < 1.29 is 0 Å². The minimum atomic E-state index is 0.775. The van der Waals surface area contributed by atoms with Crippen molar-refractivity contribution in [1.29, 1.82) is 0 Å². The molecule has 0 aliphatic rings. The minimum absolute atomic E-state index is 0.775. The molecule has 0 radical (unpaired) electrons. The fourth-order valence-corrected chi connectivity index (χ4v) is 0.652. The molecule has 0 fully saturated rings. The fraction of sp³-hybridized carbons (Fsp3) is 0.500. The zero-order valence-corrected chi connectivity index (χ0v) is 7.68. The highest BCUT2D eigenvalue weighted by Gasteiger charge is 1.84. The Hall–Kier alpha value is -1.12. The molecule has 0 rings (SSSR count). The average Bonchev–Trinajstić information content (AvgIpc) is 1.82. The molecule has 3 heteroatoms. The summed E-state index contributed by atoms with van der Waals surface area (Å²) in [5, 5.41) is 3.05. The molecular weight excluding hydrogens is 138 g/mol. The number of hydrogen-bond acceptors (Lipinski definition) is 3. The molecule has 11 heavy (non-hydrogen) atoms. The first kappa shape index (κ1) is 9.88.